The summed E-state index contributed by atoms with van der Waals surface area (Å²) in [4.78, 5) is 65.4. The number of carbonyl (C=O) groups is 4. The van der Waals surface area contributed by atoms with Crippen LogP contribution in [0, 0.1) is 11.3 Å². The number of likely N-dealkylation sites (N-methyl/N-ethyl adjacent to an activating group) is 1. The van der Waals surface area contributed by atoms with Crippen molar-refractivity contribution in [3.63, 3.8) is 0 Å². The normalized spacial score (nSPS) is 35.3. The van der Waals surface area contributed by atoms with Crippen LogP contribution in [0.25, 0.3) is 10.9 Å². The lowest BCUT2D eigenvalue weighted by Crippen LogP contribution is -2.81. The Balaban J connectivity index is 1.33. The van der Waals surface area contributed by atoms with Gasteiger partial charge in [0.05, 0.1) is 45.8 Å². The molecule has 338 valence electrons. The molecule has 3 aromatic rings. The molecule has 4 N–H and O–H groups in total. The van der Waals surface area contributed by atoms with Crippen LogP contribution in [0.3, 0.4) is 0 Å². The Hall–Kier alpha value is -4.96. The van der Waals surface area contributed by atoms with Crippen LogP contribution in [0.4, 0.5) is 5.69 Å². The largest absolute Gasteiger partial charge is 0.496 e. The number of para-hydroxylation sites is 1. The van der Waals surface area contributed by atoms with Crippen LogP contribution in [0.2, 0.25) is 0 Å². The number of nitrogens with one attached hydrogen (secondary N) is 1. The molecule has 63 heavy (non-hydrogen) atoms. The number of anilines is 1. The lowest BCUT2D eigenvalue weighted by molar-refractivity contribution is -0.229. The monoisotopic (exact) mass is 868 g/mol. The summed E-state index contributed by atoms with van der Waals surface area (Å²) in [7, 11) is 5.98. The van der Waals surface area contributed by atoms with Gasteiger partial charge in [-0.25, -0.2) is 4.79 Å². The molecule has 6 unspecified atom stereocenters. The van der Waals surface area contributed by atoms with Crippen LogP contribution < -0.4 is 9.64 Å². The standard InChI is InChI=1S/C48H60N4O11/c1-7-44(58)24-28-25-47(42(56)61-5,38-30(16-20-51(26-28)27-44)29-12-9-10-13-33(29)49-38)32-22-31-34(23-35(32)60-4)50(3)40-46(31)18-21-52-19-11-17-45(8-2,39(46)52)41(48(40,59)43(57)62-6)63-37(55)15-14-36(53)54/h9-13,17,22-23,28,39-41,49,58-59H,7-8,14-16,18-21,24-27H2,1-6H3,(H,53,54)/t28?,39?,40?,41?,44-,45+,46?,47-,48-/m0/s1. The van der Waals surface area contributed by atoms with E-state index in [1.165, 1.54) is 14.2 Å². The second-order valence-corrected chi connectivity index (χ2v) is 19.0. The number of carbonyl (C=O) groups excluding carboxylic acids is 3. The molecule has 5 aliphatic heterocycles. The minimum absolute atomic E-state index is 0.138. The maximum absolute atomic E-state index is 15.4. The first-order chi connectivity index (χ1) is 30.1. The first-order valence-electron chi connectivity index (χ1n) is 22.3. The molecular weight excluding hydrogens is 809 g/mol. The number of benzene rings is 2. The van der Waals surface area contributed by atoms with Crippen molar-refractivity contribution in [1.29, 1.82) is 0 Å². The van der Waals surface area contributed by atoms with Gasteiger partial charge in [-0.1, -0.05) is 44.2 Å². The molecule has 15 heteroatoms. The molecule has 10 atom stereocenters. The number of esters is 3. The first-order valence-corrected chi connectivity index (χ1v) is 22.3. The molecule has 2 aromatic carbocycles. The Morgan fingerprint density at radius 1 is 0.921 bits per heavy atom. The molecule has 3 fully saturated rings. The third-order valence-electron chi connectivity index (χ3n) is 16.1. The summed E-state index contributed by atoms with van der Waals surface area (Å²) in [6.45, 7) is 6.99. The lowest BCUT2D eigenvalue weighted by Gasteiger charge is -2.63. The third-order valence-corrected chi connectivity index (χ3v) is 16.1. The predicted molar refractivity (Wildman–Crippen MR) is 232 cm³/mol. The van der Waals surface area contributed by atoms with Gasteiger partial charge in [-0.3, -0.25) is 24.2 Å². The van der Waals surface area contributed by atoms with Crippen molar-refractivity contribution in [1.82, 2.24) is 14.8 Å². The average Bonchev–Trinajstić information content (AvgIpc) is 3.94. The van der Waals surface area contributed by atoms with Gasteiger partial charge in [-0.15, -0.1) is 0 Å². The predicted octanol–water partition coefficient (Wildman–Crippen LogP) is 3.84. The zero-order valence-electron chi connectivity index (χ0n) is 37.1. The van der Waals surface area contributed by atoms with Gasteiger partial charge >= 0.3 is 23.9 Å². The van der Waals surface area contributed by atoms with E-state index in [1.54, 1.807) is 7.11 Å². The Bertz CT molecular complexity index is 2400. The van der Waals surface area contributed by atoms with Crippen LogP contribution >= 0.6 is 0 Å². The molecule has 2 saturated heterocycles. The molecule has 9 rings (SSSR count). The molecule has 15 nitrogen and oxygen atoms in total. The van der Waals surface area contributed by atoms with E-state index in [1.807, 2.05) is 62.2 Å². The number of rotatable bonds is 10. The molecular formula is C48H60N4O11. The van der Waals surface area contributed by atoms with Crippen molar-refractivity contribution in [2.45, 2.75) is 105 Å². The van der Waals surface area contributed by atoms with Gasteiger partial charge in [-0.2, -0.15) is 0 Å². The number of carboxylic acids is 1. The van der Waals surface area contributed by atoms with Crippen molar-refractivity contribution < 1.29 is 53.4 Å². The summed E-state index contributed by atoms with van der Waals surface area (Å²) in [6.07, 6.45) is 4.34. The summed E-state index contributed by atoms with van der Waals surface area (Å²) in [5.74, 6) is -3.21. The number of methoxy groups -OCH3 is 3. The fourth-order valence-electron chi connectivity index (χ4n) is 13.7. The highest BCUT2D eigenvalue weighted by molar-refractivity contribution is 5.95. The highest BCUT2D eigenvalue weighted by Gasteiger charge is 2.80. The average molecular weight is 869 g/mol. The van der Waals surface area contributed by atoms with Crippen molar-refractivity contribution in [3.8, 4) is 5.75 Å². The maximum Gasteiger partial charge on any atom is 0.344 e. The van der Waals surface area contributed by atoms with Crippen molar-refractivity contribution in [2.75, 3.05) is 66.0 Å². The molecule has 1 aliphatic carbocycles. The van der Waals surface area contributed by atoms with Gasteiger partial charge in [0, 0.05) is 84.0 Å². The number of piperidine rings is 1. The summed E-state index contributed by atoms with van der Waals surface area (Å²) < 4.78 is 24.0. The second-order valence-electron chi connectivity index (χ2n) is 19.0. The van der Waals surface area contributed by atoms with E-state index < -0.39 is 82.4 Å². The summed E-state index contributed by atoms with van der Waals surface area (Å²) in [5, 5.41) is 35.9. The SMILES string of the molecule is CC[C@]1(O)CC2CN(CCc3c([nH]c4ccccc34)[C@@](C(=O)OC)(c3cc4c(cc3OC)N(C)C3C45CCN4CC=C[C@](CC)(C45)C(OC(=O)CCC(=O)O)[C@]3(O)C(=O)OC)C2)C1. The molecule has 6 aliphatic rings. The van der Waals surface area contributed by atoms with E-state index in [0.29, 0.717) is 87.5 Å². The quantitative estimate of drug-likeness (QED) is 0.131. The van der Waals surface area contributed by atoms with Crippen LogP contribution in [0.5, 0.6) is 5.75 Å². The smallest absolute Gasteiger partial charge is 0.344 e. The molecule has 1 aromatic heterocycles. The van der Waals surface area contributed by atoms with Crippen LogP contribution in [-0.4, -0.2) is 144 Å². The highest BCUT2D eigenvalue weighted by Crippen LogP contribution is 2.68. The van der Waals surface area contributed by atoms with Gasteiger partial charge < -0.3 is 44.2 Å². The number of hydrogen-bond donors (Lipinski definition) is 4. The van der Waals surface area contributed by atoms with Gasteiger partial charge in [0.15, 0.2) is 6.10 Å². The number of fused-ring (bicyclic) bond motifs is 6. The number of nitrogens with zero attached hydrogens (tertiary/aromatic N) is 3. The summed E-state index contributed by atoms with van der Waals surface area (Å²) in [6, 6.07) is 10.5. The van der Waals surface area contributed by atoms with E-state index in [-0.39, 0.29) is 12.3 Å². The molecule has 6 heterocycles. The second kappa shape index (κ2) is 15.3. The van der Waals surface area contributed by atoms with Crippen molar-refractivity contribution in [3.05, 3.63) is 70.9 Å². The van der Waals surface area contributed by atoms with Gasteiger partial charge in [-0.05, 0) is 74.2 Å². The minimum Gasteiger partial charge on any atom is -0.496 e. The number of ether oxygens (including phenoxy) is 4. The number of carboxylic acid groups (broad SMARTS) is 1. The topological polar surface area (TPSA) is 191 Å². The van der Waals surface area contributed by atoms with E-state index in [2.05, 4.69) is 26.9 Å². The van der Waals surface area contributed by atoms with Crippen molar-refractivity contribution >= 4 is 40.5 Å². The van der Waals surface area contributed by atoms with Gasteiger partial charge in [0.25, 0.3) is 0 Å². The molecule has 1 spiro atoms. The Morgan fingerprint density at radius 3 is 2.38 bits per heavy atom. The number of aromatic nitrogens is 1. The van der Waals surface area contributed by atoms with Crippen LogP contribution in [0.15, 0.2) is 48.6 Å². The van der Waals surface area contributed by atoms with Crippen molar-refractivity contribution in [2.24, 2.45) is 11.3 Å². The van der Waals surface area contributed by atoms with Gasteiger partial charge in [0.2, 0.25) is 5.60 Å². The van der Waals surface area contributed by atoms with E-state index in [4.69, 9.17) is 18.9 Å². The number of aliphatic hydroxyl groups is 2. The van der Waals surface area contributed by atoms with E-state index in [9.17, 15) is 29.7 Å². The molecule has 2 bridgehead atoms. The number of aliphatic carboxylic acids is 1. The lowest BCUT2D eigenvalue weighted by atomic mass is 9.47. The number of H-pyrrole nitrogens is 1. The number of aromatic amines is 1. The fraction of sp³-hybridized carbons (Fsp3) is 0.583. The third kappa shape index (κ3) is 5.98. The van der Waals surface area contributed by atoms with E-state index >= 15 is 4.79 Å². The summed E-state index contributed by atoms with van der Waals surface area (Å²) >= 11 is 0. The number of hydrogen-bond acceptors (Lipinski definition) is 13. The molecule has 0 radical (unpaired) electrons. The Labute approximate surface area is 367 Å². The maximum atomic E-state index is 15.4. The fourth-order valence-corrected chi connectivity index (χ4v) is 13.7. The Kier molecular flexibility index (Phi) is 10.5. The zero-order valence-corrected chi connectivity index (χ0v) is 37.1. The molecule has 1 saturated carbocycles. The van der Waals surface area contributed by atoms with Gasteiger partial charge in [0.1, 0.15) is 11.2 Å². The van der Waals surface area contributed by atoms with E-state index in [0.717, 1.165) is 22.0 Å². The van der Waals surface area contributed by atoms with Crippen LogP contribution in [-0.2, 0) is 50.6 Å². The highest BCUT2D eigenvalue weighted by atomic mass is 16.6. The Morgan fingerprint density at radius 2 is 1.68 bits per heavy atom. The first kappa shape index (κ1) is 43.3. The molecule has 0 amide bonds. The summed E-state index contributed by atoms with van der Waals surface area (Å²) in [5.41, 5.74) is -2.43. The van der Waals surface area contributed by atoms with Crippen LogP contribution in [0.1, 0.15) is 81.2 Å². The zero-order chi connectivity index (χ0) is 44.9. The minimum atomic E-state index is -2.46.